The highest BCUT2D eigenvalue weighted by atomic mass is 16.5. The molecule has 168 valence electrons. The highest BCUT2D eigenvalue weighted by Crippen LogP contribution is 2.49. The van der Waals surface area contributed by atoms with E-state index >= 15 is 0 Å². The van der Waals surface area contributed by atoms with Gasteiger partial charge in [-0.3, -0.25) is 9.59 Å². The lowest BCUT2D eigenvalue weighted by atomic mass is 9.59. The van der Waals surface area contributed by atoms with E-state index in [0.29, 0.717) is 30.1 Å². The molecule has 0 unspecified atom stereocenters. The third kappa shape index (κ3) is 6.95. The lowest BCUT2D eigenvalue weighted by Crippen LogP contribution is -2.46. The summed E-state index contributed by atoms with van der Waals surface area (Å²) in [5, 5.41) is 28.9. The minimum atomic E-state index is -1.05. The predicted molar refractivity (Wildman–Crippen MR) is 110 cm³/mol. The van der Waals surface area contributed by atoms with Crippen molar-refractivity contribution in [1.82, 2.24) is 0 Å². The van der Waals surface area contributed by atoms with Crippen molar-refractivity contribution in [2.75, 3.05) is 0 Å². The fraction of sp³-hybridized carbons (Fsp3) is 0.913. The van der Waals surface area contributed by atoms with Gasteiger partial charge >= 0.3 is 11.9 Å². The van der Waals surface area contributed by atoms with Crippen LogP contribution in [-0.2, 0) is 14.3 Å². The normalized spacial score (nSPS) is 32.7. The van der Waals surface area contributed by atoms with Crippen LogP contribution in [0, 0.1) is 29.6 Å². The van der Waals surface area contributed by atoms with Crippen LogP contribution in [-0.4, -0.2) is 45.6 Å². The molecule has 0 aromatic rings. The molecule has 0 radical (unpaired) electrons. The van der Waals surface area contributed by atoms with Crippen molar-refractivity contribution in [1.29, 1.82) is 0 Å². The molecule has 6 heteroatoms. The second kappa shape index (κ2) is 11.3. The molecule has 29 heavy (non-hydrogen) atoms. The topological polar surface area (TPSA) is 104 Å². The first-order chi connectivity index (χ1) is 13.7. The van der Waals surface area contributed by atoms with Crippen molar-refractivity contribution in [2.45, 2.75) is 103 Å². The molecule has 0 spiro atoms. The summed E-state index contributed by atoms with van der Waals surface area (Å²) in [6.07, 6.45) is 5.70. The second-order valence-electron chi connectivity index (χ2n) is 9.49. The zero-order valence-corrected chi connectivity index (χ0v) is 18.3. The first-order valence-electron chi connectivity index (χ1n) is 11.5. The maximum atomic E-state index is 12.4. The zero-order chi connectivity index (χ0) is 21.6. The van der Waals surface area contributed by atoms with E-state index in [1.165, 1.54) is 12.8 Å². The Balaban J connectivity index is 1.99. The van der Waals surface area contributed by atoms with Crippen LogP contribution in [0.3, 0.4) is 0 Å². The van der Waals surface area contributed by atoms with Crippen molar-refractivity contribution < 1.29 is 29.6 Å². The fourth-order valence-corrected chi connectivity index (χ4v) is 5.45. The van der Waals surface area contributed by atoms with Crippen molar-refractivity contribution in [3.05, 3.63) is 0 Å². The maximum absolute atomic E-state index is 12.4. The van der Waals surface area contributed by atoms with Crippen molar-refractivity contribution in [3.63, 3.8) is 0 Å². The summed E-state index contributed by atoms with van der Waals surface area (Å²) >= 11 is 0. The number of carbonyl (C=O) groups is 2. The number of esters is 1. The van der Waals surface area contributed by atoms with Gasteiger partial charge in [-0.1, -0.05) is 27.2 Å². The molecule has 2 aliphatic rings. The molecule has 0 amide bonds. The summed E-state index contributed by atoms with van der Waals surface area (Å²) < 4.78 is 6.00. The van der Waals surface area contributed by atoms with Gasteiger partial charge in [-0.2, -0.15) is 0 Å². The summed E-state index contributed by atoms with van der Waals surface area (Å²) in [4.78, 5) is 23.2. The number of ether oxygens (including phenoxy) is 1. The monoisotopic (exact) mass is 412 g/mol. The molecule has 0 aromatic carbocycles. The van der Waals surface area contributed by atoms with Crippen LogP contribution in [0.5, 0.6) is 0 Å². The number of carboxylic acids is 1. The Kier molecular flexibility index (Phi) is 9.41. The lowest BCUT2D eigenvalue weighted by Gasteiger charge is -2.48. The Morgan fingerprint density at radius 2 is 1.83 bits per heavy atom. The van der Waals surface area contributed by atoms with Crippen LogP contribution >= 0.6 is 0 Å². The third-order valence-electron chi connectivity index (χ3n) is 7.33. The maximum Gasteiger partial charge on any atom is 0.308 e. The molecule has 0 aliphatic heterocycles. The van der Waals surface area contributed by atoms with Crippen LogP contribution in [0.1, 0.15) is 85.0 Å². The minimum absolute atomic E-state index is 0.0299. The Hall–Kier alpha value is -1.14. The van der Waals surface area contributed by atoms with Gasteiger partial charge in [0.15, 0.2) is 0 Å². The van der Waals surface area contributed by atoms with Gasteiger partial charge in [0.25, 0.3) is 0 Å². The number of aliphatic hydroxyl groups is 2. The van der Waals surface area contributed by atoms with Gasteiger partial charge in [-0.15, -0.1) is 0 Å². The highest BCUT2D eigenvalue weighted by molar-refractivity contribution is 5.72. The Morgan fingerprint density at radius 3 is 2.48 bits per heavy atom. The van der Waals surface area contributed by atoms with Crippen molar-refractivity contribution in [3.8, 4) is 0 Å². The van der Waals surface area contributed by atoms with Crippen molar-refractivity contribution in [2.24, 2.45) is 29.6 Å². The van der Waals surface area contributed by atoms with Crippen LogP contribution in [0.25, 0.3) is 0 Å². The van der Waals surface area contributed by atoms with Crippen LogP contribution in [0.4, 0.5) is 0 Å². The van der Waals surface area contributed by atoms with Gasteiger partial charge in [0, 0.05) is 5.92 Å². The van der Waals surface area contributed by atoms with Crippen LogP contribution in [0.15, 0.2) is 0 Å². The Morgan fingerprint density at radius 1 is 1.10 bits per heavy atom. The number of hydrogen-bond acceptors (Lipinski definition) is 5. The second-order valence-corrected chi connectivity index (χ2v) is 9.49. The smallest absolute Gasteiger partial charge is 0.308 e. The molecule has 6 nitrogen and oxygen atoms in total. The van der Waals surface area contributed by atoms with E-state index in [1.807, 2.05) is 13.8 Å². The summed E-state index contributed by atoms with van der Waals surface area (Å²) in [5.74, 6) is 0.595. The van der Waals surface area contributed by atoms with E-state index in [2.05, 4.69) is 6.92 Å². The average molecular weight is 413 g/mol. The number of rotatable bonds is 10. The van der Waals surface area contributed by atoms with Gasteiger partial charge in [-0.05, 0) is 69.1 Å². The van der Waals surface area contributed by atoms with E-state index in [4.69, 9.17) is 9.84 Å². The zero-order valence-electron chi connectivity index (χ0n) is 18.3. The summed E-state index contributed by atoms with van der Waals surface area (Å²) in [7, 11) is 0. The van der Waals surface area contributed by atoms with E-state index in [0.717, 1.165) is 32.1 Å². The summed E-state index contributed by atoms with van der Waals surface area (Å²) in [6, 6.07) is 0. The molecule has 2 saturated carbocycles. The number of aliphatic carboxylic acids is 1. The molecule has 3 N–H and O–H groups in total. The number of hydrogen-bond donors (Lipinski definition) is 3. The standard InChI is InChI=1S/C23H40O6/c1-4-14(2)23(28)29-20-7-5-6-16-9-8-15(3)19(22(16)20)11-10-17(24)12-18(25)13-21(26)27/h14-20,22,24-25H,4-13H2,1-3H3,(H,26,27)/t14-,15-,16+,17+,18+,19+,20-,22-/m0/s1. The largest absolute Gasteiger partial charge is 0.481 e. The van der Waals surface area contributed by atoms with Crippen molar-refractivity contribution >= 4 is 11.9 Å². The number of carboxylic acid groups (broad SMARTS) is 1. The summed E-state index contributed by atoms with van der Waals surface area (Å²) in [6.45, 7) is 6.18. The van der Waals surface area contributed by atoms with Crippen LogP contribution < -0.4 is 0 Å². The first-order valence-corrected chi connectivity index (χ1v) is 11.5. The molecule has 2 aliphatic carbocycles. The number of fused-ring (bicyclic) bond motifs is 1. The molecule has 0 heterocycles. The van der Waals surface area contributed by atoms with Crippen LogP contribution in [0.2, 0.25) is 0 Å². The third-order valence-corrected chi connectivity index (χ3v) is 7.33. The highest BCUT2D eigenvalue weighted by Gasteiger charge is 2.45. The predicted octanol–water partition coefficient (Wildman–Crippen LogP) is 3.77. The average Bonchev–Trinajstić information content (AvgIpc) is 2.66. The Bertz CT molecular complexity index is 535. The quantitative estimate of drug-likeness (QED) is 0.472. The molecular formula is C23H40O6. The minimum Gasteiger partial charge on any atom is -0.481 e. The number of carbonyl (C=O) groups excluding carboxylic acids is 1. The summed E-state index contributed by atoms with van der Waals surface area (Å²) in [5.41, 5.74) is 0. The SMILES string of the molecule is CC[C@H](C)C(=O)O[C@H]1CCC[C@@H]2CC[C@H](C)[C@@H](CC[C@@H](O)C[C@@H](O)CC(=O)O)[C@H]21. The van der Waals surface area contributed by atoms with E-state index < -0.39 is 18.2 Å². The fourth-order valence-electron chi connectivity index (χ4n) is 5.45. The molecule has 0 aromatic heterocycles. The molecule has 0 saturated heterocycles. The number of aliphatic hydroxyl groups excluding tert-OH is 2. The van der Waals surface area contributed by atoms with E-state index in [9.17, 15) is 19.8 Å². The molecule has 2 fully saturated rings. The molecule has 8 atom stereocenters. The van der Waals surface area contributed by atoms with Gasteiger partial charge in [0.05, 0.1) is 24.5 Å². The molecule has 0 bridgehead atoms. The first kappa shape index (κ1) is 24.1. The molecular weight excluding hydrogens is 372 g/mol. The van der Waals surface area contributed by atoms with E-state index in [1.54, 1.807) is 0 Å². The van der Waals surface area contributed by atoms with E-state index in [-0.39, 0.29) is 30.8 Å². The lowest BCUT2D eigenvalue weighted by molar-refractivity contribution is -0.165. The molecule has 2 rings (SSSR count). The van der Waals surface area contributed by atoms with Gasteiger partial charge in [-0.25, -0.2) is 0 Å². The van der Waals surface area contributed by atoms with Gasteiger partial charge in [0.2, 0.25) is 0 Å². The van der Waals surface area contributed by atoms with Gasteiger partial charge in [0.1, 0.15) is 6.10 Å². The Labute approximate surface area is 175 Å². The van der Waals surface area contributed by atoms with Gasteiger partial charge < -0.3 is 20.1 Å².